The molecule has 0 radical (unpaired) electrons. The second-order valence-electron chi connectivity index (χ2n) is 6.99. The summed E-state index contributed by atoms with van der Waals surface area (Å²) in [4.78, 5) is 34.4. The fourth-order valence-corrected chi connectivity index (χ4v) is 6.14. The highest BCUT2D eigenvalue weighted by Gasteiger charge is 2.27. The first-order chi connectivity index (χ1) is 14.8. The highest BCUT2D eigenvalue weighted by Crippen LogP contribution is 2.35. The fourth-order valence-electron chi connectivity index (χ4n) is 3.40. The average Bonchev–Trinajstić information content (AvgIpc) is 3.27. The topological polar surface area (TPSA) is 74.8 Å². The van der Waals surface area contributed by atoms with Gasteiger partial charge in [-0.25, -0.2) is 4.98 Å². The molecule has 0 saturated heterocycles. The number of nitrogens with one attached hydrogen (secondary N) is 2. The first-order valence-electron chi connectivity index (χ1n) is 9.50. The molecule has 3 aromatic rings. The maximum atomic E-state index is 12.5. The van der Waals surface area contributed by atoms with Crippen LogP contribution in [0.25, 0.3) is 10.2 Å². The zero-order valence-electron chi connectivity index (χ0n) is 16.2. The molecule has 2 heterocycles. The molecule has 1 aliphatic rings. The molecule has 0 aliphatic heterocycles. The molecule has 1 amide bonds. The summed E-state index contributed by atoms with van der Waals surface area (Å²) >= 11 is 3.47. The maximum absolute atomic E-state index is 12.5. The highest BCUT2D eigenvalue weighted by atomic mass is 32.2. The highest BCUT2D eigenvalue weighted by molar-refractivity contribution is 7.99. The van der Waals surface area contributed by atoms with Crippen molar-refractivity contribution in [3.63, 3.8) is 0 Å². The second kappa shape index (κ2) is 9.25. The Kier molecular flexibility index (Phi) is 6.63. The van der Waals surface area contributed by atoms with E-state index in [4.69, 9.17) is 0 Å². The average molecular weight is 486 g/mol. The molecular formula is C20H18F3N3O2S3. The lowest BCUT2D eigenvalue weighted by Gasteiger charge is -2.11. The molecule has 164 valence electrons. The number of fused-ring (bicyclic) bond motifs is 3. The first-order valence-corrected chi connectivity index (χ1v) is 12.5. The van der Waals surface area contributed by atoms with Crippen LogP contribution in [0.4, 0.5) is 18.9 Å². The van der Waals surface area contributed by atoms with E-state index in [1.165, 1.54) is 16.6 Å². The van der Waals surface area contributed by atoms with Crippen molar-refractivity contribution < 1.29 is 18.0 Å². The third-order valence-electron chi connectivity index (χ3n) is 4.65. The van der Waals surface area contributed by atoms with Gasteiger partial charge in [0.15, 0.2) is 0 Å². The van der Waals surface area contributed by atoms with Crippen LogP contribution in [-0.4, -0.2) is 33.6 Å². The predicted octanol–water partition coefficient (Wildman–Crippen LogP) is 5.00. The Labute approximate surface area is 188 Å². The van der Waals surface area contributed by atoms with E-state index >= 15 is 0 Å². The van der Waals surface area contributed by atoms with Crippen LogP contribution in [0.5, 0.6) is 0 Å². The summed E-state index contributed by atoms with van der Waals surface area (Å²) in [6.07, 6.45) is -1.31. The number of amides is 1. The minimum atomic E-state index is -4.29. The molecule has 1 aliphatic carbocycles. The van der Waals surface area contributed by atoms with Crippen molar-refractivity contribution in [2.75, 3.05) is 16.8 Å². The van der Waals surface area contributed by atoms with Gasteiger partial charge in [-0.2, -0.15) is 13.2 Å². The van der Waals surface area contributed by atoms with Gasteiger partial charge >= 0.3 is 6.18 Å². The van der Waals surface area contributed by atoms with Gasteiger partial charge in [-0.05, 0) is 37.0 Å². The van der Waals surface area contributed by atoms with Gasteiger partial charge in [0, 0.05) is 9.77 Å². The van der Waals surface area contributed by atoms with E-state index in [0.717, 1.165) is 29.7 Å². The Morgan fingerprint density at radius 2 is 2.06 bits per heavy atom. The molecule has 2 aromatic heterocycles. The van der Waals surface area contributed by atoms with E-state index in [1.54, 1.807) is 35.6 Å². The number of hydrogen-bond acceptors (Lipinski definition) is 6. The Morgan fingerprint density at radius 1 is 1.26 bits per heavy atom. The largest absolute Gasteiger partial charge is 0.398 e. The predicted molar refractivity (Wildman–Crippen MR) is 120 cm³/mol. The number of thioether (sulfide) groups is 2. The molecule has 0 saturated carbocycles. The van der Waals surface area contributed by atoms with Crippen LogP contribution in [0.1, 0.15) is 22.7 Å². The summed E-state index contributed by atoms with van der Waals surface area (Å²) in [5.41, 5.74) is 1.33. The molecule has 0 spiro atoms. The molecule has 0 fully saturated rings. The number of anilines is 1. The summed E-state index contributed by atoms with van der Waals surface area (Å²) in [6, 6.07) is 6.40. The molecule has 5 nitrogen and oxygen atoms in total. The Balaban J connectivity index is 1.35. The number of H-pyrrole nitrogens is 1. The van der Waals surface area contributed by atoms with Gasteiger partial charge in [-0.3, -0.25) is 9.59 Å². The van der Waals surface area contributed by atoms with Crippen LogP contribution in [0.15, 0.2) is 34.0 Å². The van der Waals surface area contributed by atoms with Crippen LogP contribution < -0.4 is 10.9 Å². The number of aromatic amines is 1. The molecule has 11 heteroatoms. The number of hydrogen-bond donors (Lipinski definition) is 2. The van der Waals surface area contributed by atoms with Gasteiger partial charge < -0.3 is 10.3 Å². The number of carbonyl (C=O) groups is 1. The summed E-state index contributed by atoms with van der Waals surface area (Å²) in [7, 11) is 0. The Morgan fingerprint density at radius 3 is 2.87 bits per heavy atom. The molecule has 0 unspecified atom stereocenters. The van der Waals surface area contributed by atoms with E-state index in [1.807, 2.05) is 0 Å². The number of halogens is 3. The van der Waals surface area contributed by atoms with Crippen molar-refractivity contribution in [3.8, 4) is 0 Å². The molecule has 0 bridgehead atoms. The molecule has 0 atom stereocenters. The van der Waals surface area contributed by atoms with Crippen molar-refractivity contribution in [3.05, 3.63) is 50.9 Å². The number of aryl methyl sites for hydroxylation is 2. The first kappa shape index (κ1) is 22.2. The molecular weight excluding hydrogens is 467 g/mol. The van der Waals surface area contributed by atoms with Crippen molar-refractivity contribution in [2.24, 2.45) is 0 Å². The lowest BCUT2D eigenvalue weighted by atomic mass is 10.2. The van der Waals surface area contributed by atoms with Crippen molar-refractivity contribution in [2.45, 2.75) is 36.1 Å². The van der Waals surface area contributed by atoms with Gasteiger partial charge in [0.05, 0.1) is 28.3 Å². The number of para-hydroxylation sites is 1. The standard InChI is InChI=1S/C20H18F3N3O2S3/c21-20(22,23)10-30-14-6-2-1-5-12(14)24-16(27)9-29-8-15-25-18(28)17-11-4-3-7-13(11)31-19(17)26-15/h1-2,5-6H,3-4,7-10H2,(H,24,27)(H,25,26,28). The van der Waals surface area contributed by atoms with Gasteiger partial charge in [-0.1, -0.05) is 12.1 Å². The summed E-state index contributed by atoms with van der Waals surface area (Å²) < 4.78 is 37.5. The summed E-state index contributed by atoms with van der Waals surface area (Å²) in [5.74, 6) is -0.408. The zero-order chi connectivity index (χ0) is 22.0. The number of benzene rings is 1. The van der Waals surface area contributed by atoms with E-state index in [9.17, 15) is 22.8 Å². The molecule has 2 N–H and O–H groups in total. The number of carbonyl (C=O) groups excluding carboxylic acids is 1. The quantitative estimate of drug-likeness (QED) is 0.461. The SMILES string of the molecule is O=C(CSCc1nc2sc3c(c2c(=O)[nH]1)CCC3)Nc1ccccc1SCC(F)(F)F. The second-order valence-corrected chi connectivity index (χ2v) is 10.1. The van der Waals surface area contributed by atoms with Crippen molar-refractivity contribution in [1.82, 2.24) is 9.97 Å². The number of rotatable bonds is 7. The van der Waals surface area contributed by atoms with E-state index in [-0.39, 0.29) is 17.2 Å². The van der Waals surface area contributed by atoms with Crippen molar-refractivity contribution >= 4 is 56.7 Å². The van der Waals surface area contributed by atoms with Gasteiger partial charge in [0.25, 0.3) is 5.56 Å². The lowest BCUT2D eigenvalue weighted by molar-refractivity contribution is -0.113. The molecule has 1 aromatic carbocycles. The maximum Gasteiger partial charge on any atom is 0.398 e. The minimum Gasteiger partial charge on any atom is -0.324 e. The van der Waals surface area contributed by atoms with Crippen LogP contribution in [0, 0.1) is 0 Å². The Bertz CT molecular complexity index is 1170. The monoisotopic (exact) mass is 485 g/mol. The normalized spacial score (nSPS) is 13.5. The third kappa shape index (κ3) is 5.45. The van der Waals surface area contributed by atoms with Crippen LogP contribution in [0.3, 0.4) is 0 Å². The number of thiophene rings is 1. The Hall–Kier alpha value is -1.98. The summed E-state index contributed by atoms with van der Waals surface area (Å²) in [5, 5.41) is 3.35. The zero-order valence-corrected chi connectivity index (χ0v) is 18.6. The smallest absolute Gasteiger partial charge is 0.324 e. The van der Waals surface area contributed by atoms with E-state index in [2.05, 4.69) is 15.3 Å². The molecule has 4 rings (SSSR count). The number of alkyl halides is 3. The van der Waals surface area contributed by atoms with Gasteiger partial charge in [-0.15, -0.1) is 34.9 Å². The minimum absolute atomic E-state index is 0.0843. The molecule has 31 heavy (non-hydrogen) atoms. The number of aromatic nitrogens is 2. The fraction of sp³-hybridized carbons (Fsp3) is 0.350. The van der Waals surface area contributed by atoms with Crippen LogP contribution in [0.2, 0.25) is 0 Å². The van der Waals surface area contributed by atoms with E-state index in [0.29, 0.717) is 39.3 Å². The van der Waals surface area contributed by atoms with Gasteiger partial charge in [0.1, 0.15) is 10.7 Å². The summed E-state index contributed by atoms with van der Waals surface area (Å²) in [6.45, 7) is 0. The van der Waals surface area contributed by atoms with Crippen LogP contribution in [-0.2, 0) is 23.4 Å². The van der Waals surface area contributed by atoms with Gasteiger partial charge in [0.2, 0.25) is 5.91 Å². The van der Waals surface area contributed by atoms with Crippen molar-refractivity contribution in [1.29, 1.82) is 0 Å². The van der Waals surface area contributed by atoms with Crippen LogP contribution >= 0.6 is 34.9 Å². The number of nitrogens with zero attached hydrogens (tertiary/aromatic N) is 1. The lowest BCUT2D eigenvalue weighted by Crippen LogP contribution is -2.16. The van der Waals surface area contributed by atoms with E-state index < -0.39 is 11.9 Å². The third-order valence-corrected chi connectivity index (χ3v) is 7.92.